The van der Waals surface area contributed by atoms with E-state index in [1.165, 1.54) is 41.0 Å². The Labute approximate surface area is 173 Å². The molecule has 1 heterocycles. The second-order valence-electron chi connectivity index (χ2n) is 5.81. The Morgan fingerprint density at radius 1 is 1.25 bits per heavy atom. The number of amides is 1. The topological polar surface area (TPSA) is 86.6 Å². The first-order chi connectivity index (χ1) is 13.2. The summed E-state index contributed by atoms with van der Waals surface area (Å²) in [6.45, 7) is 0. The third-order valence-electron chi connectivity index (χ3n) is 3.91. The number of benzene rings is 2. The summed E-state index contributed by atoms with van der Waals surface area (Å²) in [5.74, 6) is -1.59. The molecular weight excluding hydrogens is 447 g/mol. The molecule has 0 spiro atoms. The first-order valence-corrected chi connectivity index (χ1v) is 11.1. The van der Waals surface area contributed by atoms with Crippen molar-refractivity contribution in [2.75, 3.05) is 0 Å². The lowest BCUT2D eigenvalue weighted by atomic mass is 10.1. The van der Waals surface area contributed by atoms with E-state index in [9.17, 15) is 23.5 Å². The number of rotatable bonds is 5. The van der Waals surface area contributed by atoms with Crippen LogP contribution in [0.25, 0.3) is 16.2 Å². The molecule has 3 aromatic rings. The van der Waals surface area contributed by atoms with Crippen LogP contribution < -0.4 is 5.32 Å². The fourth-order valence-electron chi connectivity index (χ4n) is 2.65. The molecule has 5 nitrogen and oxygen atoms in total. The van der Waals surface area contributed by atoms with E-state index in [0.29, 0.717) is 10.4 Å². The maximum atomic E-state index is 13.9. The van der Waals surface area contributed by atoms with Gasteiger partial charge in [0.15, 0.2) is 5.66 Å². The largest absolute Gasteiger partial charge is 0.342 e. The van der Waals surface area contributed by atoms with Crippen molar-refractivity contribution in [1.82, 2.24) is 5.32 Å². The quantitative estimate of drug-likeness (QED) is 0.448. The van der Waals surface area contributed by atoms with E-state index in [-0.39, 0.29) is 16.1 Å². The lowest BCUT2D eigenvalue weighted by Gasteiger charge is -2.16. The number of carbonyl (C=O) groups is 1. The molecule has 2 aromatic carbocycles. The highest BCUT2D eigenvalue weighted by molar-refractivity contribution is 7.53. The van der Waals surface area contributed by atoms with E-state index in [1.807, 2.05) is 0 Å². The van der Waals surface area contributed by atoms with Crippen LogP contribution in [-0.4, -0.2) is 15.7 Å². The van der Waals surface area contributed by atoms with Crippen molar-refractivity contribution >= 4 is 64.2 Å². The predicted octanol–water partition coefficient (Wildman–Crippen LogP) is 5.35. The lowest BCUT2D eigenvalue weighted by molar-refractivity contribution is -0.120. The maximum Gasteiger partial charge on any atom is 0.342 e. The molecule has 0 fully saturated rings. The second-order valence-corrected chi connectivity index (χ2v) is 9.26. The Kier molecular flexibility index (Phi) is 6.25. The summed E-state index contributed by atoms with van der Waals surface area (Å²) in [4.78, 5) is 32.1. The lowest BCUT2D eigenvalue weighted by Crippen LogP contribution is -2.25. The number of hydrogen-bond acceptors (Lipinski definition) is 3. The highest BCUT2D eigenvalue weighted by Crippen LogP contribution is 2.54. The predicted molar refractivity (Wildman–Crippen MR) is 110 cm³/mol. The number of halogens is 3. The van der Waals surface area contributed by atoms with E-state index >= 15 is 0 Å². The van der Waals surface area contributed by atoms with E-state index in [1.54, 1.807) is 18.2 Å². The summed E-state index contributed by atoms with van der Waals surface area (Å²) in [5, 5.41) is 4.61. The van der Waals surface area contributed by atoms with Gasteiger partial charge in [0, 0.05) is 21.5 Å². The van der Waals surface area contributed by atoms with Gasteiger partial charge in [0.2, 0.25) is 5.91 Å². The van der Waals surface area contributed by atoms with Crippen LogP contribution in [0.15, 0.2) is 48.0 Å². The van der Waals surface area contributed by atoms with Gasteiger partial charge in [-0.2, -0.15) is 0 Å². The summed E-state index contributed by atoms with van der Waals surface area (Å²) in [6, 6.07) is 9.27. The molecule has 28 heavy (non-hydrogen) atoms. The van der Waals surface area contributed by atoms with Gasteiger partial charge in [0.25, 0.3) is 0 Å². The van der Waals surface area contributed by atoms with Crippen LogP contribution in [0, 0.1) is 5.82 Å². The van der Waals surface area contributed by atoms with Crippen LogP contribution >= 0.6 is 42.1 Å². The third kappa shape index (κ3) is 4.46. The first kappa shape index (κ1) is 21.0. The van der Waals surface area contributed by atoms with E-state index in [4.69, 9.17) is 23.2 Å². The molecule has 1 amide bonds. The molecule has 146 valence electrons. The highest BCUT2D eigenvalue weighted by atomic mass is 35.5. The standard InChI is InChI=1S/C18H13Cl2FNO4PS/c19-11-4-5-15-12(8-11)13(9-28-15)17(27(24,25)26)18(23)22-7-6-10-2-1-3-14(20)16(10)21/h1-9,17H,(H,22,23)(H2,24,25,26). The molecule has 1 atom stereocenters. The van der Waals surface area contributed by atoms with Crippen LogP contribution in [0.3, 0.4) is 0 Å². The molecule has 0 aliphatic rings. The monoisotopic (exact) mass is 459 g/mol. The summed E-state index contributed by atoms with van der Waals surface area (Å²) in [7, 11) is -4.85. The van der Waals surface area contributed by atoms with Gasteiger partial charge >= 0.3 is 7.60 Å². The fourth-order valence-corrected chi connectivity index (χ4v) is 5.03. The Bertz CT molecular complexity index is 1130. The highest BCUT2D eigenvalue weighted by Gasteiger charge is 2.38. The minimum atomic E-state index is -4.85. The molecule has 0 saturated carbocycles. The SMILES string of the molecule is O=C(NC=Cc1cccc(Cl)c1F)C(c1csc2ccc(Cl)cc12)P(=O)(O)O. The summed E-state index contributed by atoms with van der Waals surface area (Å²) in [6.07, 6.45) is 2.36. The van der Waals surface area contributed by atoms with Gasteiger partial charge in [0.1, 0.15) is 5.82 Å². The normalized spacial score (nSPS) is 13.2. The van der Waals surface area contributed by atoms with Crippen LogP contribution in [0.2, 0.25) is 10.0 Å². The van der Waals surface area contributed by atoms with Gasteiger partial charge < -0.3 is 15.1 Å². The van der Waals surface area contributed by atoms with Gasteiger partial charge in [0.05, 0.1) is 5.02 Å². The van der Waals surface area contributed by atoms with Crippen molar-refractivity contribution in [3.05, 3.63) is 75.0 Å². The smallest absolute Gasteiger partial charge is 0.332 e. The van der Waals surface area contributed by atoms with Gasteiger partial charge in [-0.3, -0.25) is 9.36 Å². The average molecular weight is 460 g/mol. The molecule has 0 saturated heterocycles. The maximum absolute atomic E-state index is 13.9. The van der Waals surface area contributed by atoms with Crippen LogP contribution in [-0.2, 0) is 9.36 Å². The average Bonchev–Trinajstić information content (AvgIpc) is 3.00. The van der Waals surface area contributed by atoms with Crippen molar-refractivity contribution < 1.29 is 23.5 Å². The van der Waals surface area contributed by atoms with Gasteiger partial charge in [-0.05, 0) is 46.7 Å². The zero-order valence-electron chi connectivity index (χ0n) is 14.0. The third-order valence-corrected chi connectivity index (χ3v) is 6.61. The molecule has 3 N–H and O–H groups in total. The van der Waals surface area contributed by atoms with Gasteiger partial charge in [-0.15, -0.1) is 11.3 Å². The number of nitrogens with one attached hydrogen (secondary N) is 1. The van der Waals surface area contributed by atoms with Crippen molar-refractivity contribution in [1.29, 1.82) is 0 Å². The molecule has 1 unspecified atom stereocenters. The molecule has 3 rings (SSSR count). The number of thiophene rings is 1. The molecule has 0 radical (unpaired) electrons. The Morgan fingerprint density at radius 3 is 2.71 bits per heavy atom. The van der Waals surface area contributed by atoms with Crippen LogP contribution in [0.5, 0.6) is 0 Å². The number of fused-ring (bicyclic) bond motifs is 1. The second kappa shape index (κ2) is 8.33. The molecule has 0 bridgehead atoms. The first-order valence-electron chi connectivity index (χ1n) is 7.81. The van der Waals surface area contributed by atoms with Gasteiger partial charge in [-0.25, -0.2) is 4.39 Å². The van der Waals surface area contributed by atoms with Crippen molar-refractivity contribution in [2.24, 2.45) is 0 Å². The van der Waals surface area contributed by atoms with Crippen molar-refractivity contribution in [3.8, 4) is 0 Å². The zero-order chi connectivity index (χ0) is 20.5. The Hall–Kier alpha value is -1.73. The molecule has 0 aliphatic carbocycles. The number of hydrogen-bond donors (Lipinski definition) is 3. The molecule has 1 aromatic heterocycles. The Morgan fingerprint density at radius 2 is 2.00 bits per heavy atom. The van der Waals surface area contributed by atoms with E-state index in [0.717, 1.165) is 10.9 Å². The summed E-state index contributed by atoms with van der Waals surface area (Å²) in [5.41, 5.74) is -1.43. The van der Waals surface area contributed by atoms with E-state index < -0.39 is 25.0 Å². The summed E-state index contributed by atoms with van der Waals surface area (Å²) < 4.78 is 26.7. The zero-order valence-corrected chi connectivity index (χ0v) is 17.2. The summed E-state index contributed by atoms with van der Waals surface area (Å²) >= 11 is 12.9. The number of carbonyl (C=O) groups excluding carboxylic acids is 1. The minimum Gasteiger partial charge on any atom is -0.332 e. The van der Waals surface area contributed by atoms with E-state index in [2.05, 4.69) is 5.32 Å². The Balaban J connectivity index is 1.91. The minimum absolute atomic E-state index is 0.0804. The van der Waals surface area contributed by atoms with Crippen LogP contribution in [0.1, 0.15) is 16.8 Å². The molecule has 10 heteroatoms. The van der Waals surface area contributed by atoms with Crippen molar-refractivity contribution in [2.45, 2.75) is 5.66 Å². The van der Waals surface area contributed by atoms with Crippen molar-refractivity contribution in [3.63, 3.8) is 0 Å². The molecular formula is C18H13Cl2FNO4PS. The fraction of sp³-hybridized carbons (Fsp3) is 0.0556. The van der Waals surface area contributed by atoms with Crippen LogP contribution in [0.4, 0.5) is 4.39 Å². The molecule has 0 aliphatic heterocycles. The van der Waals surface area contributed by atoms with Gasteiger partial charge in [-0.1, -0.05) is 35.3 Å².